The molecule has 1 aromatic carbocycles. The summed E-state index contributed by atoms with van der Waals surface area (Å²) in [6.45, 7) is 4.14. The van der Waals surface area contributed by atoms with Crippen molar-refractivity contribution in [2.24, 2.45) is 5.92 Å². The van der Waals surface area contributed by atoms with Gasteiger partial charge >= 0.3 is 0 Å². The van der Waals surface area contributed by atoms with E-state index in [2.05, 4.69) is 19.9 Å². The number of halogens is 1. The molecule has 6 nitrogen and oxygen atoms in total. The third-order valence-electron chi connectivity index (χ3n) is 5.68. The smallest absolute Gasteiger partial charge is 0.241 e. The van der Waals surface area contributed by atoms with E-state index in [-0.39, 0.29) is 5.92 Å². The molecule has 0 N–H and O–H groups in total. The highest BCUT2D eigenvalue weighted by molar-refractivity contribution is 6.30. The molecule has 1 unspecified atom stereocenters. The molecule has 1 amide bonds. The van der Waals surface area contributed by atoms with E-state index in [1.165, 1.54) is 12.8 Å². The normalized spacial score (nSPS) is 21.5. The number of hydrogen-bond acceptors (Lipinski definition) is 5. The monoisotopic (exact) mass is 402 g/mol. The molecule has 7 heteroatoms. The molecule has 2 aliphatic heterocycles. The number of piperidine rings is 1. The number of likely N-dealkylation sites (tertiary alicyclic amines) is 2. The van der Waals surface area contributed by atoms with E-state index in [9.17, 15) is 4.79 Å². The Kier molecular flexibility index (Phi) is 6.27. The Labute approximate surface area is 170 Å². The van der Waals surface area contributed by atoms with Crippen molar-refractivity contribution in [2.75, 3.05) is 26.2 Å². The fraction of sp³-hybridized carbons (Fsp3) is 0.571. The van der Waals surface area contributed by atoms with Crippen molar-refractivity contribution in [3.63, 3.8) is 0 Å². The molecule has 4 rings (SSSR count). The topological polar surface area (TPSA) is 62.5 Å². The first-order chi connectivity index (χ1) is 13.7. The second kappa shape index (κ2) is 9.05. The van der Waals surface area contributed by atoms with Crippen molar-refractivity contribution >= 4 is 17.5 Å². The fourth-order valence-electron chi connectivity index (χ4n) is 4.21. The Morgan fingerprint density at radius 2 is 1.96 bits per heavy atom. The van der Waals surface area contributed by atoms with E-state index in [1.807, 2.05) is 24.3 Å². The number of benzene rings is 1. The number of amides is 1. The quantitative estimate of drug-likeness (QED) is 0.773. The second-order valence-corrected chi connectivity index (χ2v) is 8.27. The zero-order chi connectivity index (χ0) is 19.3. The Bertz CT molecular complexity index is 801. The largest absolute Gasteiger partial charge is 0.342 e. The molecule has 2 aromatic rings. The highest BCUT2D eigenvalue weighted by atomic mass is 35.5. The van der Waals surface area contributed by atoms with Crippen molar-refractivity contribution in [1.82, 2.24) is 19.9 Å². The summed E-state index contributed by atoms with van der Waals surface area (Å²) >= 11 is 6.05. The number of carbonyl (C=O) groups excluding carboxylic acids is 1. The number of carbonyl (C=O) groups is 1. The van der Waals surface area contributed by atoms with Gasteiger partial charge in [-0.25, -0.2) is 0 Å². The SMILES string of the molecule is O=C(C1CCCN(Cc2nc(-c3cccc(Cl)c3)no2)C1)N1CCCCCC1. The third kappa shape index (κ3) is 4.73. The average molecular weight is 403 g/mol. The molecule has 0 aliphatic carbocycles. The van der Waals surface area contributed by atoms with Crippen LogP contribution in [0.5, 0.6) is 0 Å². The minimum atomic E-state index is 0.0853. The third-order valence-corrected chi connectivity index (χ3v) is 5.92. The number of aromatic nitrogens is 2. The van der Waals surface area contributed by atoms with E-state index in [0.717, 1.165) is 57.4 Å². The summed E-state index contributed by atoms with van der Waals surface area (Å²) in [6, 6.07) is 7.43. The molecule has 0 saturated carbocycles. The van der Waals surface area contributed by atoms with E-state index in [0.29, 0.717) is 29.2 Å². The van der Waals surface area contributed by atoms with Gasteiger partial charge in [0.1, 0.15) is 0 Å². The number of rotatable bonds is 4. The fourth-order valence-corrected chi connectivity index (χ4v) is 4.40. The van der Waals surface area contributed by atoms with Crippen molar-refractivity contribution in [3.05, 3.63) is 35.2 Å². The van der Waals surface area contributed by atoms with Crippen LogP contribution < -0.4 is 0 Å². The summed E-state index contributed by atoms with van der Waals surface area (Å²) in [5, 5.41) is 4.73. The van der Waals surface area contributed by atoms with Crippen LogP contribution >= 0.6 is 11.6 Å². The van der Waals surface area contributed by atoms with E-state index < -0.39 is 0 Å². The number of nitrogens with zero attached hydrogens (tertiary/aromatic N) is 4. The van der Waals surface area contributed by atoms with E-state index in [1.54, 1.807) is 0 Å². The molecular weight excluding hydrogens is 376 g/mol. The van der Waals surface area contributed by atoms with Crippen LogP contribution in [0.25, 0.3) is 11.4 Å². The molecule has 2 fully saturated rings. The zero-order valence-electron chi connectivity index (χ0n) is 16.1. The van der Waals surface area contributed by atoms with Crippen LogP contribution in [-0.4, -0.2) is 52.0 Å². The van der Waals surface area contributed by atoms with Crippen LogP contribution in [-0.2, 0) is 11.3 Å². The molecule has 150 valence electrons. The highest BCUT2D eigenvalue weighted by Crippen LogP contribution is 2.24. The van der Waals surface area contributed by atoms with Gasteiger partial charge in [-0.05, 0) is 44.4 Å². The standard InChI is InChI=1S/C21H27ClN4O2/c22-18-9-5-7-16(13-18)20-23-19(28-24-20)15-25-10-6-8-17(14-25)21(27)26-11-3-1-2-4-12-26/h5,7,9,13,17H,1-4,6,8,10-12,14-15H2. The Morgan fingerprint density at radius 1 is 1.14 bits per heavy atom. The van der Waals surface area contributed by atoms with Gasteiger partial charge in [0.25, 0.3) is 0 Å². The summed E-state index contributed by atoms with van der Waals surface area (Å²) < 4.78 is 5.45. The maximum absolute atomic E-state index is 13.0. The van der Waals surface area contributed by atoms with Crippen LogP contribution in [0.3, 0.4) is 0 Å². The van der Waals surface area contributed by atoms with E-state index in [4.69, 9.17) is 16.1 Å². The maximum atomic E-state index is 13.0. The highest BCUT2D eigenvalue weighted by Gasteiger charge is 2.30. The summed E-state index contributed by atoms with van der Waals surface area (Å²) in [4.78, 5) is 21.8. The maximum Gasteiger partial charge on any atom is 0.241 e. The van der Waals surface area contributed by atoms with Crippen molar-refractivity contribution in [3.8, 4) is 11.4 Å². The molecule has 2 saturated heterocycles. The lowest BCUT2D eigenvalue weighted by atomic mass is 9.96. The average Bonchev–Trinajstić information content (AvgIpc) is 3.00. The molecule has 1 atom stereocenters. The Hall–Kier alpha value is -1.92. The Morgan fingerprint density at radius 3 is 2.75 bits per heavy atom. The van der Waals surface area contributed by atoms with Gasteiger partial charge in [0.2, 0.25) is 17.6 Å². The molecule has 28 heavy (non-hydrogen) atoms. The van der Waals surface area contributed by atoms with Gasteiger partial charge in [0.15, 0.2) is 0 Å². The molecule has 2 aliphatic rings. The zero-order valence-corrected chi connectivity index (χ0v) is 16.9. The first-order valence-electron chi connectivity index (χ1n) is 10.3. The van der Waals surface area contributed by atoms with Gasteiger partial charge < -0.3 is 9.42 Å². The van der Waals surface area contributed by atoms with Crippen LogP contribution in [0, 0.1) is 5.92 Å². The molecule has 3 heterocycles. The van der Waals surface area contributed by atoms with Gasteiger partial charge in [-0.2, -0.15) is 4.98 Å². The molecule has 0 spiro atoms. The first kappa shape index (κ1) is 19.4. The van der Waals surface area contributed by atoms with Crippen molar-refractivity contribution < 1.29 is 9.32 Å². The van der Waals surface area contributed by atoms with Gasteiger partial charge in [-0.3, -0.25) is 9.69 Å². The van der Waals surface area contributed by atoms with Gasteiger partial charge in [0, 0.05) is 30.2 Å². The summed E-state index contributed by atoms with van der Waals surface area (Å²) in [6.07, 6.45) is 6.76. The van der Waals surface area contributed by atoms with Crippen LogP contribution in [0.4, 0.5) is 0 Å². The van der Waals surface area contributed by atoms with Gasteiger partial charge in [-0.15, -0.1) is 0 Å². The van der Waals surface area contributed by atoms with Crippen LogP contribution in [0.15, 0.2) is 28.8 Å². The molecular formula is C21H27ClN4O2. The lowest BCUT2D eigenvalue weighted by molar-refractivity contribution is -0.137. The molecule has 0 radical (unpaired) electrons. The van der Waals surface area contributed by atoms with Crippen molar-refractivity contribution in [2.45, 2.75) is 45.1 Å². The summed E-state index contributed by atoms with van der Waals surface area (Å²) in [7, 11) is 0. The summed E-state index contributed by atoms with van der Waals surface area (Å²) in [5.74, 6) is 1.54. The number of hydrogen-bond donors (Lipinski definition) is 0. The molecule has 0 bridgehead atoms. The minimum Gasteiger partial charge on any atom is -0.342 e. The van der Waals surface area contributed by atoms with Crippen molar-refractivity contribution in [1.29, 1.82) is 0 Å². The van der Waals surface area contributed by atoms with E-state index >= 15 is 0 Å². The van der Waals surface area contributed by atoms with Crippen LogP contribution in [0.1, 0.15) is 44.4 Å². The van der Waals surface area contributed by atoms with Gasteiger partial charge in [0.05, 0.1) is 12.5 Å². The lowest BCUT2D eigenvalue weighted by Gasteiger charge is -2.34. The van der Waals surface area contributed by atoms with Gasteiger partial charge in [-0.1, -0.05) is 41.7 Å². The first-order valence-corrected chi connectivity index (χ1v) is 10.7. The lowest BCUT2D eigenvalue weighted by Crippen LogP contribution is -2.44. The predicted octanol–water partition coefficient (Wildman–Crippen LogP) is 4.00. The Balaban J connectivity index is 1.37. The van der Waals surface area contributed by atoms with Crippen LogP contribution in [0.2, 0.25) is 5.02 Å². The molecule has 1 aromatic heterocycles. The summed E-state index contributed by atoms with van der Waals surface area (Å²) in [5.41, 5.74) is 0.843. The minimum absolute atomic E-state index is 0.0853. The second-order valence-electron chi connectivity index (χ2n) is 7.84. The predicted molar refractivity (Wildman–Crippen MR) is 108 cm³/mol.